The Bertz CT molecular complexity index is 351. The summed E-state index contributed by atoms with van der Waals surface area (Å²) in [5, 5.41) is 2.81. The highest BCUT2D eigenvalue weighted by Gasteiger charge is 2.10. The fraction of sp³-hybridized carbons (Fsp3) is 0.583. The summed E-state index contributed by atoms with van der Waals surface area (Å²) in [7, 11) is 1.65. The maximum absolute atomic E-state index is 11.7. The van der Waals surface area contributed by atoms with Crippen LogP contribution in [-0.4, -0.2) is 31.0 Å². The van der Waals surface area contributed by atoms with E-state index in [0.717, 1.165) is 18.6 Å². The maximum atomic E-state index is 11.7. The average Bonchev–Trinajstić information content (AvgIpc) is 2.77. The first-order chi connectivity index (χ1) is 8.17. The minimum Gasteiger partial charge on any atom is -0.456 e. The van der Waals surface area contributed by atoms with Gasteiger partial charge in [0.15, 0.2) is 5.76 Å². The van der Waals surface area contributed by atoms with Gasteiger partial charge in [-0.3, -0.25) is 4.79 Å². The molecule has 1 aromatic rings. The monoisotopic (exact) mass is 303 g/mol. The van der Waals surface area contributed by atoms with Gasteiger partial charge < -0.3 is 14.5 Å². The van der Waals surface area contributed by atoms with Crippen LogP contribution >= 0.6 is 15.9 Å². The summed E-state index contributed by atoms with van der Waals surface area (Å²) in [5.74, 6) is 1.04. The number of furan rings is 1. The van der Waals surface area contributed by atoms with Crippen LogP contribution in [0.15, 0.2) is 16.5 Å². The highest BCUT2D eigenvalue weighted by molar-refractivity contribution is 9.09. The molecule has 0 aliphatic carbocycles. The highest BCUT2D eigenvalue weighted by atomic mass is 79.9. The van der Waals surface area contributed by atoms with Crippen LogP contribution in [0, 0.1) is 0 Å². The van der Waals surface area contributed by atoms with Gasteiger partial charge in [-0.2, -0.15) is 0 Å². The van der Waals surface area contributed by atoms with Gasteiger partial charge in [0.25, 0.3) is 5.91 Å². The van der Waals surface area contributed by atoms with Gasteiger partial charge in [-0.1, -0.05) is 22.9 Å². The summed E-state index contributed by atoms with van der Waals surface area (Å²) < 4.78 is 10.3. The molecule has 1 N–H and O–H groups in total. The normalized spacial score (nSPS) is 12.4. The lowest BCUT2D eigenvalue weighted by Crippen LogP contribution is -2.26. The third-order valence-electron chi connectivity index (χ3n) is 2.32. The molecule has 1 heterocycles. The molecule has 0 saturated carbocycles. The van der Waals surface area contributed by atoms with E-state index in [1.165, 1.54) is 0 Å². The number of hydrogen-bond acceptors (Lipinski definition) is 3. The van der Waals surface area contributed by atoms with Crippen molar-refractivity contribution >= 4 is 21.8 Å². The van der Waals surface area contributed by atoms with Crippen LogP contribution in [0.25, 0.3) is 0 Å². The third-order valence-corrected chi connectivity index (χ3v) is 3.05. The number of nitrogens with one attached hydrogen (secondary N) is 1. The molecular formula is C12H18BrNO3. The Kier molecular flexibility index (Phi) is 6.29. The van der Waals surface area contributed by atoms with Gasteiger partial charge in [0.1, 0.15) is 5.76 Å². The number of rotatable bonds is 7. The molecule has 17 heavy (non-hydrogen) atoms. The van der Waals surface area contributed by atoms with E-state index in [0.29, 0.717) is 18.9 Å². The molecule has 0 aliphatic rings. The minimum absolute atomic E-state index is 0.165. The van der Waals surface area contributed by atoms with Gasteiger partial charge in [0, 0.05) is 24.9 Å². The number of carbonyl (C=O) groups is 1. The van der Waals surface area contributed by atoms with Gasteiger partial charge in [0.2, 0.25) is 0 Å². The molecule has 0 saturated heterocycles. The summed E-state index contributed by atoms with van der Waals surface area (Å²) in [4.78, 5) is 11.9. The molecule has 0 aromatic carbocycles. The zero-order valence-corrected chi connectivity index (χ0v) is 11.7. The topological polar surface area (TPSA) is 51.5 Å². The van der Waals surface area contributed by atoms with Crippen molar-refractivity contribution in [1.82, 2.24) is 5.32 Å². The fourth-order valence-electron chi connectivity index (χ4n) is 1.38. The van der Waals surface area contributed by atoms with Gasteiger partial charge in [0.05, 0.1) is 6.61 Å². The molecule has 96 valence electrons. The number of carbonyl (C=O) groups excluding carboxylic acids is 1. The molecule has 0 bridgehead atoms. The van der Waals surface area contributed by atoms with Crippen LogP contribution < -0.4 is 5.32 Å². The molecule has 1 unspecified atom stereocenters. The van der Waals surface area contributed by atoms with E-state index in [-0.39, 0.29) is 10.7 Å². The number of halogens is 1. The van der Waals surface area contributed by atoms with Crippen LogP contribution in [-0.2, 0) is 11.2 Å². The lowest BCUT2D eigenvalue weighted by molar-refractivity contribution is 0.0922. The van der Waals surface area contributed by atoms with Crippen LogP contribution in [0.2, 0.25) is 0 Å². The fourth-order valence-corrected chi connectivity index (χ4v) is 1.88. The molecule has 0 aliphatic heterocycles. The molecule has 0 spiro atoms. The Morgan fingerprint density at radius 2 is 2.35 bits per heavy atom. The first kappa shape index (κ1) is 14.3. The lowest BCUT2D eigenvalue weighted by atomic mass is 10.3. The zero-order chi connectivity index (χ0) is 12.7. The van der Waals surface area contributed by atoms with Crippen molar-refractivity contribution in [2.24, 2.45) is 0 Å². The Morgan fingerprint density at radius 1 is 1.59 bits per heavy atom. The molecule has 1 atom stereocenters. The van der Waals surface area contributed by atoms with E-state index < -0.39 is 0 Å². The summed E-state index contributed by atoms with van der Waals surface area (Å²) in [5.41, 5.74) is 0. The predicted octanol–water partition coefficient (Wildman–Crippen LogP) is 2.37. The quantitative estimate of drug-likeness (QED) is 0.787. The second kappa shape index (κ2) is 7.50. The predicted molar refractivity (Wildman–Crippen MR) is 69.6 cm³/mol. The number of alkyl halides is 1. The molecule has 0 radical (unpaired) electrons. The molecule has 4 nitrogen and oxygen atoms in total. The molecule has 5 heteroatoms. The first-order valence-corrected chi connectivity index (χ1v) is 6.58. The second-order valence-corrected chi connectivity index (χ2v) is 5.01. The van der Waals surface area contributed by atoms with Gasteiger partial charge >= 0.3 is 0 Å². The molecule has 1 aromatic heterocycles. The van der Waals surface area contributed by atoms with Crippen molar-refractivity contribution in [2.45, 2.75) is 24.6 Å². The average molecular weight is 304 g/mol. The summed E-state index contributed by atoms with van der Waals surface area (Å²) in [6.45, 7) is 3.22. The van der Waals surface area contributed by atoms with Gasteiger partial charge in [-0.05, 0) is 18.6 Å². The highest BCUT2D eigenvalue weighted by Crippen LogP contribution is 2.08. The number of aryl methyl sites for hydroxylation is 1. The van der Waals surface area contributed by atoms with E-state index in [2.05, 4.69) is 21.2 Å². The Labute approximate surface area is 110 Å². The van der Waals surface area contributed by atoms with E-state index >= 15 is 0 Å². The standard InChI is InChI=1S/C12H18BrNO3/c1-3-10-4-5-11(17-10)12(15)14-7-6-9(13)8-16-2/h4-5,9H,3,6-8H2,1-2H3,(H,14,15). The third kappa shape index (κ3) is 4.91. The van der Waals surface area contributed by atoms with Gasteiger partial charge in [-0.15, -0.1) is 0 Å². The van der Waals surface area contributed by atoms with Crippen molar-refractivity contribution in [3.05, 3.63) is 23.7 Å². The van der Waals surface area contributed by atoms with E-state index in [1.54, 1.807) is 13.2 Å². The first-order valence-electron chi connectivity index (χ1n) is 5.67. The van der Waals surface area contributed by atoms with Crippen LogP contribution in [0.3, 0.4) is 0 Å². The van der Waals surface area contributed by atoms with Crippen molar-refractivity contribution in [3.63, 3.8) is 0 Å². The van der Waals surface area contributed by atoms with Crippen LogP contribution in [0.4, 0.5) is 0 Å². The van der Waals surface area contributed by atoms with Crippen molar-refractivity contribution < 1.29 is 13.9 Å². The lowest BCUT2D eigenvalue weighted by Gasteiger charge is -2.08. The van der Waals surface area contributed by atoms with E-state index in [1.807, 2.05) is 13.0 Å². The molecule has 1 rings (SSSR count). The molecular weight excluding hydrogens is 286 g/mol. The Hall–Kier alpha value is -0.810. The number of hydrogen-bond donors (Lipinski definition) is 1. The molecule has 0 fully saturated rings. The van der Waals surface area contributed by atoms with Crippen molar-refractivity contribution in [2.75, 3.05) is 20.3 Å². The van der Waals surface area contributed by atoms with Crippen LogP contribution in [0.5, 0.6) is 0 Å². The zero-order valence-electron chi connectivity index (χ0n) is 10.2. The van der Waals surface area contributed by atoms with Crippen molar-refractivity contribution in [3.8, 4) is 0 Å². The summed E-state index contributed by atoms with van der Waals surface area (Å²) in [6.07, 6.45) is 1.62. The Morgan fingerprint density at radius 3 is 2.94 bits per heavy atom. The number of ether oxygens (including phenoxy) is 1. The number of amides is 1. The summed E-state index contributed by atoms with van der Waals surface area (Å²) in [6, 6.07) is 3.53. The summed E-state index contributed by atoms with van der Waals surface area (Å²) >= 11 is 3.46. The molecule has 1 amide bonds. The number of methoxy groups -OCH3 is 1. The van der Waals surface area contributed by atoms with E-state index in [4.69, 9.17) is 9.15 Å². The van der Waals surface area contributed by atoms with Gasteiger partial charge in [-0.25, -0.2) is 0 Å². The SMILES string of the molecule is CCc1ccc(C(=O)NCCC(Br)COC)o1. The largest absolute Gasteiger partial charge is 0.456 e. The second-order valence-electron chi connectivity index (χ2n) is 3.72. The van der Waals surface area contributed by atoms with Crippen LogP contribution in [0.1, 0.15) is 29.7 Å². The smallest absolute Gasteiger partial charge is 0.286 e. The maximum Gasteiger partial charge on any atom is 0.286 e. The van der Waals surface area contributed by atoms with E-state index in [9.17, 15) is 4.79 Å². The van der Waals surface area contributed by atoms with Crippen molar-refractivity contribution in [1.29, 1.82) is 0 Å². The minimum atomic E-state index is -0.165. The Balaban J connectivity index is 2.29.